The van der Waals surface area contributed by atoms with Gasteiger partial charge >= 0.3 is 0 Å². The minimum absolute atomic E-state index is 0.166. The monoisotopic (exact) mass is 252 g/mol. The molecule has 1 aromatic carbocycles. The number of aromatic nitrogens is 2. The number of aliphatic hydroxyl groups is 1. The van der Waals surface area contributed by atoms with E-state index in [-0.39, 0.29) is 6.61 Å². The van der Waals surface area contributed by atoms with E-state index in [9.17, 15) is 5.11 Å². The quantitative estimate of drug-likeness (QED) is 0.778. The van der Waals surface area contributed by atoms with Gasteiger partial charge in [0.1, 0.15) is 5.69 Å². The molecule has 0 aliphatic heterocycles. The number of benzene rings is 1. The summed E-state index contributed by atoms with van der Waals surface area (Å²) in [6.07, 6.45) is 3.38. The average Bonchev–Trinajstić information content (AvgIpc) is 2.93. The van der Waals surface area contributed by atoms with E-state index in [0.29, 0.717) is 17.3 Å². The van der Waals surface area contributed by atoms with Gasteiger partial charge in [0.2, 0.25) is 5.89 Å². The van der Waals surface area contributed by atoms with Crippen LogP contribution in [0.4, 0.5) is 0 Å². The van der Waals surface area contributed by atoms with Crippen LogP contribution in [0.1, 0.15) is 5.69 Å². The zero-order valence-electron chi connectivity index (χ0n) is 10.2. The van der Waals surface area contributed by atoms with Gasteiger partial charge in [-0.1, -0.05) is 18.2 Å². The first-order valence-corrected chi connectivity index (χ1v) is 5.95. The smallest absolute Gasteiger partial charge is 0.227 e. The maximum Gasteiger partial charge on any atom is 0.227 e. The Kier molecular flexibility index (Phi) is 3.08. The molecular formula is C15H12N2O2. The largest absolute Gasteiger partial charge is 0.436 e. The van der Waals surface area contributed by atoms with E-state index in [1.54, 1.807) is 12.4 Å². The minimum Gasteiger partial charge on any atom is -0.436 e. The molecule has 0 aliphatic rings. The molecule has 0 atom stereocenters. The van der Waals surface area contributed by atoms with E-state index in [2.05, 4.69) is 9.97 Å². The van der Waals surface area contributed by atoms with Crippen LogP contribution < -0.4 is 0 Å². The van der Waals surface area contributed by atoms with Crippen molar-refractivity contribution in [3.63, 3.8) is 0 Å². The lowest BCUT2D eigenvalue weighted by atomic mass is 10.2. The molecule has 19 heavy (non-hydrogen) atoms. The number of hydrogen-bond acceptors (Lipinski definition) is 4. The number of rotatable bonds is 3. The molecule has 0 saturated carbocycles. The summed E-state index contributed by atoms with van der Waals surface area (Å²) in [4.78, 5) is 8.38. The zero-order chi connectivity index (χ0) is 13.1. The van der Waals surface area contributed by atoms with Crippen molar-refractivity contribution < 1.29 is 9.52 Å². The van der Waals surface area contributed by atoms with Gasteiger partial charge in [0.05, 0.1) is 6.61 Å². The summed E-state index contributed by atoms with van der Waals surface area (Å²) < 4.78 is 5.77. The molecule has 0 fully saturated rings. The van der Waals surface area contributed by atoms with E-state index in [0.717, 1.165) is 11.1 Å². The van der Waals surface area contributed by atoms with Crippen LogP contribution in [-0.2, 0) is 6.61 Å². The third kappa shape index (κ3) is 2.26. The molecule has 3 aromatic rings. The topological polar surface area (TPSA) is 59.2 Å². The van der Waals surface area contributed by atoms with Crippen LogP contribution in [0.5, 0.6) is 0 Å². The number of pyridine rings is 1. The van der Waals surface area contributed by atoms with E-state index in [1.165, 1.54) is 0 Å². The fourth-order valence-corrected chi connectivity index (χ4v) is 1.89. The summed E-state index contributed by atoms with van der Waals surface area (Å²) in [6, 6.07) is 13.3. The lowest BCUT2D eigenvalue weighted by molar-refractivity contribution is 0.277. The van der Waals surface area contributed by atoms with Gasteiger partial charge in [-0.3, -0.25) is 4.98 Å². The van der Waals surface area contributed by atoms with Crippen molar-refractivity contribution in [2.75, 3.05) is 0 Å². The van der Waals surface area contributed by atoms with Crippen molar-refractivity contribution in [3.05, 3.63) is 60.6 Å². The van der Waals surface area contributed by atoms with E-state index in [1.807, 2.05) is 42.5 Å². The molecule has 4 nitrogen and oxygen atoms in total. The second kappa shape index (κ2) is 5.04. The molecule has 0 aliphatic carbocycles. The maximum atomic E-state index is 9.40. The number of hydrogen-bond donors (Lipinski definition) is 1. The van der Waals surface area contributed by atoms with Crippen molar-refractivity contribution in [1.82, 2.24) is 9.97 Å². The van der Waals surface area contributed by atoms with Gasteiger partial charge in [-0.25, -0.2) is 4.98 Å². The highest BCUT2D eigenvalue weighted by molar-refractivity contribution is 5.63. The van der Waals surface area contributed by atoms with Crippen LogP contribution >= 0.6 is 0 Å². The first-order chi connectivity index (χ1) is 9.38. The Morgan fingerprint density at radius 1 is 1.00 bits per heavy atom. The Morgan fingerprint density at radius 3 is 2.47 bits per heavy atom. The van der Waals surface area contributed by atoms with Crippen LogP contribution in [0.2, 0.25) is 0 Å². The van der Waals surface area contributed by atoms with E-state index >= 15 is 0 Å². The Labute approximate surface area is 110 Å². The lowest BCUT2D eigenvalue weighted by Gasteiger charge is -1.97. The summed E-state index contributed by atoms with van der Waals surface area (Å²) in [5, 5.41) is 9.40. The Hall–Kier alpha value is -2.46. The fraction of sp³-hybridized carbons (Fsp3) is 0.0667. The van der Waals surface area contributed by atoms with Crippen LogP contribution in [0.15, 0.2) is 59.3 Å². The fourth-order valence-electron chi connectivity index (χ4n) is 1.89. The Morgan fingerprint density at radius 2 is 1.79 bits per heavy atom. The number of oxazole rings is 1. The molecule has 0 bridgehead atoms. The lowest BCUT2D eigenvalue weighted by Crippen LogP contribution is -1.87. The summed E-state index contributed by atoms with van der Waals surface area (Å²) in [6.45, 7) is -0.166. The average molecular weight is 252 g/mol. The van der Waals surface area contributed by atoms with Crippen LogP contribution in [0, 0.1) is 0 Å². The first-order valence-electron chi connectivity index (χ1n) is 5.95. The summed E-state index contributed by atoms with van der Waals surface area (Å²) in [5.41, 5.74) is 2.21. The van der Waals surface area contributed by atoms with Gasteiger partial charge in [0, 0.05) is 23.5 Å². The Balaban J connectivity index is 2.09. The normalized spacial score (nSPS) is 10.6. The SMILES string of the molecule is OCc1nc(-c2ccccc2)oc1-c1cccnc1. The molecule has 0 amide bonds. The third-order valence-corrected chi connectivity index (χ3v) is 2.79. The second-order valence-electron chi connectivity index (χ2n) is 4.06. The molecule has 0 saturated heterocycles. The van der Waals surface area contributed by atoms with Gasteiger partial charge in [0.25, 0.3) is 0 Å². The Bertz CT molecular complexity index is 663. The molecule has 0 unspecified atom stereocenters. The maximum absolute atomic E-state index is 9.40. The van der Waals surface area contributed by atoms with Crippen LogP contribution in [-0.4, -0.2) is 15.1 Å². The molecule has 1 N–H and O–H groups in total. The van der Waals surface area contributed by atoms with Crippen LogP contribution in [0.25, 0.3) is 22.8 Å². The van der Waals surface area contributed by atoms with Gasteiger partial charge in [-0.15, -0.1) is 0 Å². The highest BCUT2D eigenvalue weighted by atomic mass is 16.4. The molecule has 0 spiro atoms. The molecule has 2 aromatic heterocycles. The van der Waals surface area contributed by atoms with Gasteiger partial charge in [0.15, 0.2) is 5.76 Å². The van der Waals surface area contributed by atoms with Crippen molar-refractivity contribution in [3.8, 4) is 22.8 Å². The molecule has 2 heterocycles. The number of nitrogens with zero attached hydrogens (tertiary/aromatic N) is 2. The highest BCUT2D eigenvalue weighted by Gasteiger charge is 2.15. The molecular weight excluding hydrogens is 240 g/mol. The van der Waals surface area contributed by atoms with Gasteiger partial charge in [-0.2, -0.15) is 0 Å². The first kappa shape index (κ1) is 11.6. The van der Waals surface area contributed by atoms with Gasteiger partial charge < -0.3 is 9.52 Å². The zero-order valence-corrected chi connectivity index (χ0v) is 10.2. The molecule has 0 radical (unpaired) electrons. The highest BCUT2D eigenvalue weighted by Crippen LogP contribution is 2.29. The van der Waals surface area contributed by atoms with E-state index < -0.39 is 0 Å². The van der Waals surface area contributed by atoms with Crippen LogP contribution in [0.3, 0.4) is 0 Å². The minimum atomic E-state index is -0.166. The molecule has 3 rings (SSSR count). The van der Waals surface area contributed by atoms with Crippen molar-refractivity contribution in [2.45, 2.75) is 6.61 Å². The predicted molar refractivity (Wildman–Crippen MR) is 71.1 cm³/mol. The molecule has 4 heteroatoms. The second-order valence-corrected chi connectivity index (χ2v) is 4.06. The predicted octanol–water partition coefficient (Wildman–Crippen LogP) is 2.90. The van der Waals surface area contributed by atoms with Crippen molar-refractivity contribution >= 4 is 0 Å². The van der Waals surface area contributed by atoms with E-state index in [4.69, 9.17) is 4.42 Å². The number of aliphatic hydroxyl groups excluding tert-OH is 1. The summed E-state index contributed by atoms with van der Waals surface area (Å²) in [7, 11) is 0. The summed E-state index contributed by atoms with van der Waals surface area (Å²) in [5.74, 6) is 1.07. The standard InChI is InChI=1S/C15H12N2O2/c18-10-13-14(12-7-4-8-16-9-12)19-15(17-13)11-5-2-1-3-6-11/h1-9,18H,10H2. The molecule has 94 valence electrons. The third-order valence-electron chi connectivity index (χ3n) is 2.79. The van der Waals surface area contributed by atoms with Crippen molar-refractivity contribution in [1.29, 1.82) is 0 Å². The van der Waals surface area contributed by atoms with Crippen molar-refractivity contribution in [2.24, 2.45) is 0 Å². The van der Waals surface area contributed by atoms with Gasteiger partial charge in [-0.05, 0) is 24.3 Å². The summed E-state index contributed by atoms with van der Waals surface area (Å²) >= 11 is 0.